The summed E-state index contributed by atoms with van der Waals surface area (Å²) in [7, 11) is 4.15. The summed E-state index contributed by atoms with van der Waals surface area (Å²) in [6.45, 7) is 2.39. The van der Waals surface area contributed by atoms with Gasteiger partial charge in [0.25, 0.3) is 5.91 Å². The van der Waals surface area contributed by atoms with E-state index in [4.69, 9.17) is 5.73 Å². The number of benzene rings is 2. The SMILES string of the molecule is CN(C)C1CCN(c2ccc(-c3cnc(N)c(-c4ccc5c(c4)CCNC5=O)n3)c(F)c2)C1. The van der Waals surface area contributed by atoms with E-state index in [1.807, 2.05) is 18.2 Å². The Hall–Kier alpha value is -3.52. The maximum absolute atomic E-state index is 15.2. The summed E-state index contributed by atoms with van der Waals surface area (Å²) in [6, 6.07) is 11.2. The fourth-order valence-electron chi connectivity index (χ4n) is 4.62. The van der Waals surface area contributed by atoms with Gasteiger partial charge >= 0.3 is 0 Å². The molecule has 170 valence electrons. The number of hydrogen-bond donors (Lipinski definition) is 2. The second kappa shape index (κ2) is 8.44. The fraction of sp³-hybridized carbons (Fsp3) is 0.320. The maximum atomic E-state index is 15.2. The lowest BCUT2D eigenvalue weighted by Crippen LogP contribution is -2.31. The topological polar surface area (TPSA) is 87.4 Å². The van der Waals surface area contributed by atoms with Crippen LogP contribution in [0.5, 0.6) is 0 Å². The van der Waals surface area contributed by atoms with Crippen LogP contribution in [0, 0.1) is 5.82 Å². The summed E-state index contributed by atoms with van der Waals surface area (Å²) in [6.07, 6.45) is 3.30. The minimum atomic E-state index is -0.340. The summed E-state index contributed by atoms with van der Waals surface area (Å²) in [4.78, 5) is 25.4. The van der Waals surface area contributed by atoms with Crippen LogP contribution in [0.25, 0.3) is 22.5 Å². The van der Waals surface area contributed by atoms with Crippen molar-refractivity contribution in [3.05, 3.63) is 59.5 Å². The first-order valence-corrected chi connectivity index (χ1v) is 11.2. The van der Waals surface area contributed by atoms with Gasteiger partial charge in [-0.1, -0.05) is 6.07 Å². The third-order valence-corrected chi connectivity index (χ3v) is 6.59. The highest BCUT2D eigenvalue weighted by Gasteiger charge is 2.25. The second-order valence-electron chi connectivity index (χ2n) is 8.88. The molecule has 5 rings (SSSR count). The minimum absolute atomic E-state index is 0.0762. The Balaban J connectivity index is 1.45. The van der Waals surface area contributed by atoms with Gasteiger partial charge in [-0.05, 0) is 62.8 Å². The average molecular weight is 447 g/mol. The van der Waals surface area contributed by atoms with E-state index < -0.39 is 0 Å². The molecule has 8 heteroatoms. The number of hydrogen-bond acceptors (Lipinski definition) is 6. The number of rotatable bonds is 4. The highest BCUT2D eigenvalue weighted by molar-refractivity contribution is 5.97. The van der Waals surface area contributed by atoms with Gasteiger partial charge in [0.15, 0.2) is 0 Å². The van der Waals surface area contributed by atoms with Crippen LogP contribution in [0.4, 0.5) is 15.9 Å². The zero-order valence-corrected chi connectivity index (χ0v) is 18.8. The quantitative estimate of drug-likeness (QED) is 0.641. The molecule has 0 radical (unpaired) electrons. The molecular formula is C25H27FN6O. The molecule has 0 bridgehead atoms. The van der Waals surface area contributed by atoms with E-state index >= 15 is 4.39 Å². The Morgan fingerprint density at radius 2 is 2.00 bits per heavy atom. The molecule has 3 N–H and O–H groups in total. The Bertz CT molecular complexity index is 1230. The lowest BCUT2D eigenvalue weighted by molar-refractivity contribution is 0.0946. The van der Waals surface area contributed by atoms with Gasteiger partial charge < -0.3 is 20.9 Å². The van der Waals surface area contributed by atoms with Crippen molar-refractivity contribution in [1.29, 1.82) is 0 Å². The zero-order valence-electron chi connectivity index (χ0n) is 18.8. The van der Waals surface area contributed by atoms with E-state index in [9.17, 15) is 4.79 Å². The van der Waals surface area contributed by atoms with Crippen molar-refractivity contribution >= 4 is 17.4 Å². The molecule has 2 aromatic carbocycles. The molecule has 1 saturated heterocycles. The first-order chi connectivity index (χ1) is 15.9. The van der Waals surface area contributed by atoms with Crippen molar-refractivity contribution in [2.24, 2.45) is 0 Å². The van der Waals surface area contributed by atoms with E-state index in [2.05, 4.69) is 39.2 Å². The van der Waals surface area contributed by atoms with Crippen LogP contribution >= 0.6 is 0 Å². The molecular weight excluding hydrogens is 419 g/mol. The Morgan fingerprint density at radius 1 is 1.18 bits per heavy atom. The van der Waals surface area contributed by atoms with Crippen LogP contribution in [0.15, 0.2) is 42.6 Å². The van der Waals surface area contributed by atoms with Gasteiger partial charge in [-0.15, -0.1) is 0 Å². The van der Waals surface area contributed by atoms with Gasteiger partial charge in [0.1, 0.15) is 17.3 Å². The number of carbonyl (C=O) groups is 1. The minimum Gasteiger partial charge on any atom is -0.382 e. The van der Waals surface area contributed by atoms with E-state index in [-0.39, 0.29) is 17.5 Å². The Morgan fingerprint density at radius 3 is 2.76 bits per heavy atom. The Labute approximate surface area is 192 Å². The Kier molecular flexibility index (Phi) is 5.46. The van der Waals surface area contributed by atoms with Crippen molar-refractivity contribution < 1.29 is 9.18 Å². The van der Waals surface area contributed by atoms with Crippen LogP contribution in [0.3, 0.4) is 0 Å². The van der Waals surface area contributed by atoms with Crippen molar-refractivity contribution in [3.8, 4) is 22.5 Å². The monoisotopic (exact) mass is 446 g/mol. The number of anilines is 2. The molecule has 1 aromatic heterocycles. The van der Waals surface area contributed by atoms with Gasteiger partial charge in [-0.3, -0.25) is 4.79 Å². The third kappa shape index (κ3) is 4.02. The predicted octanol–water partition coefficient (Wildman–Crippen LogP) is 2.96. The predicted molar refractivity (Wildman–Crippen MR) is 128 cm³/mol. The number of aromatic nitrogens is 2. The molecule has 2 aliphatic heterocycles. The molecule has 7 nitrogen and oxygen atoms in total. The van der Waals surface area contributed by atoms with E-state index in [0.29, 0.717) is 35.1 Å². The van der Waals surface area contributed by atoms with Crippen molar-refractivity contribution in [1.82, 2.24) is 20.2 Å². The lowest BCUT2D eigenvalue weighted by Gasteiger charge is -2.22. The number of nitrogens with two attached hydrogens (primary N) is 1. The third-order valence-electron chi connectivity index (χ3n) is 6.59. The highest BCUT2D eigenvalue weighted by Crippen LogP contribution is 2.31. The normalized spacial score (nSPS) is 17.9. The second-order valence-corrected chi connectivity index (χ2v) is 8.88. The smallest absolute Gasteiger partial charge is 0.251 e. The standard InChI is InChI=1S/C25H27FN6O/c1-31(2)18-8-10-32(14-18)17-4-6-20(21(26)12-17)22-13-29-24(27)23(30-22)16-3-5-19-15(11-16)7-9-28-25(19)33/h3-6,11-13,18H,7-10,14H2,1-2H3,(H2,27,29)(H,28,33). The maximum Gasteiger partial charge on any atom is 0.251 e. The van der Waals surface area contributed by atoms with Gasteiger partial charge in [-0.25, -0.2) is 14.4 Å². The first kappa shape index (κ1) is 21.3. The molecule has 2 aliphatic rings. The number of carbonyl (C=O) groups excluding carboxylic acids is 1. The number of halogens is 1. The molecule has 0 saturated carbocycles. The average Bonchev–Trinajstić information content (AvgIpc) is 3.30. The molecule has 1 atom stereocenters. The molecule has 0 spiro atoms. The van der Waals surface area contributed by atoms with Crippen molar-refractivity contribution in [2.45, 2.75) is 18.9 Å². The lowest BCUT2D eigenvalue weighted by atomic mass is 9.96. The highest BCUT2D eigenvalue weighted by atomic mass is 19.1. The largest absolute Gasteiger partial charge is 0.382 e. The van der Waals surface area contributed by atoms with Gasteiger partial charge in [-0.2, -0.15) is 0 Å². The number of nitrogen functional groups attached to an aromatic ring is 1. The number of likely N-dealkylation sites (N-methyl/N-ethyl adjacent to an activating group) is 1. The van der Waals surface area contributed by atoms with Crippen LogP contribution in [-0.2, 0) is 6.42 Å². The molecule has 3 aromatic rings. The van der Waals surface area contributed by atoms with Gasteiger partial charge in [0.2, 0.25) is 0 Å². The van der Waals surface area contributed by atoms with Crippen molar-refractivity contribution in [3.63, 3.8) is 0 Å². The van der Waals surface area contributed by atoms with Gasteiger partial charge in [0.05, 0.1) is 11.9 Å². The molecule has 1 fully saturated rings. The zero-order chi connectivity index (χ0) is 23.1. The summed E-state index contributed by atoms with van der Waals surface area (Å²) in [5.41, 5.74) is 10.7. The van der Waals surface area contributed by atoms with Gasteiger partial charge in [0, 0.05) is 48.1 Å². The van der Waals surface area contributed by atoms with Crippen LogP contribution in [-0.4, -0.2) is 60.5 Å². The summed E-state index contributed by atoms with van der Waals surface area (Å²) in [5, 5.41) is 2.84. The van der Waals surface area contributed by atoms with E-state index in [0.717, 1.165) is 42.7 Å². The molecule has 1 amide bonds. The van der Waals surface area contributed by atoms with E-state index in [1.54, 1.807) is 18.2 Å². The molecule has 3 heterocycles. The van der Waals surface area contributed by atoms with Crippen LogP contribution in [0.2, 0.25) is 0 Å². The molecule has 1 unspecified atom stereocenters. The number of fused-ring (bicyclic) bond motifs is 1. The van der Waals surface area contributed by atoms with Crippen molar-refractivity contribution in [2.75, 3.05) is 44.4 Å². The first-order valence-electron chi connectivity index (χ1n) is 11.2. The number of nitrogens with zero attached hydrogens (tertiary/aromatic N) is 4. The number of nitrogens with one attached hydrogen (secondary N) is 1. The summed E-state index contributed by atoms with van der Waals surface area (Å²) in [5.74, 6) is -0.150. The summed E-state index contributed by atoms with van der Waals surface area (Å²) < 4.78 is 15.2. The fourth-order valence-corrected chi connectivity index (χ4v) is 4.62. The van der Waals surface area contributed by atoms with Crippen LogP contribution in [0.1, 0.15) is 22.3 Å². The molecule has 0 aliphatic carbocycles. The molecule has 33 heavy (non-hydrogen) atoms. The summed E-state index contributed by atoms with van der Waals surface area (Å²) >= 11 is 0. The van der Waals surface area contributed by atoms with E-state index in [1.165, 1.54) is 6.20 Å². The number of amides is 1. The van der Waals surface area contributed by atoms with Crippen LogP contribution < -0.4 is 16.0 Å².